The Hall–Kier alpha value is -2.82. The SMILES string of the molecule is NC(=O)C(CCCCCC(=O)Nc1ccccc1)c1cccc(N)c1. The highest BCUT2D eigenvalue weighted by Crippen LogP contribution is 2.24. The number of nitrogens with two attached hydrogens (primary N) is 2. The second-order valence-electron chi connectivity index (χ2n) is 6.14. The van der Waals surface area contributed by atoms with E-state index in [1.54, 1.807) is 12.1 Å². The van der Waals surface area contributed by atoms with Crippen LogP contribution in [0, 0.1) is 0 Å². The molecule has 2 rings (SSSR count). The van der Waals surface area contributed by atoms with E-state index in [0.29, 0.717) is 18.5 Å². The zero-order valence-electron chi connectivity index (χ0n) is 14.3. The second-order valence-corrected chi connectivity index (χ2v) is 6.14. The number of anilines is 2. The number of nitrogens with one attached hydrogen (secondary N) is 1. The molecule has 0 spiro atoms. The number of primary amides is 1. The van der Waals surface area contributed by atoms with Crippen LogP contribution >= 0.6 is 0 Å². The molecule has 0 saturated carbocycles. The van der Waals surface area contributed by atoms with Gasteiger partial charge in [0.15, 0.2) is 0 Å². The number of unbranched alkanes of at least 4 members (excludes halogenated alkanes) is 2. The third kappa shape index (κ3) is 6.30. The van der Waals surface area contributed by atoms with Crippen molar-refractivity contribution in [1.82, 2.24) is 0 Å². The van der Waals surface area contributed by atoms with E-state index >= 15 is 0 Å². The quantitative estimate of drug-likeness (QED) is 0.482. The molecule has 5 N–H and O–H groups in total. The number of nitrogen functional groups attached to an aromatic ring is 1. The first kappa shape index (κ1) is 18.5. The van der Waals surface area contributed by atoms with Crippen LogP contribution in [0.3, 0.4) is 0 Å². The largest absolute Gasteiger partial charge is 0.399 e. The number of amides is 2. The Morgan fingerprint density at radius 2 is 1.72 bits per heavy atom. The average molecular weight is 339 g/mol. The van der Waals surface area contributed by atoms with Crippen LogP contribution in [0.5, 0.6) is 0 Å². The van der Waals surface area contributed by atoms with Crippen molar-refractivity contribution in [2.24, 2.45) is 5.73 Å². The number of carbonyl (C=O) groups excluding carboxylic acids is 2. The first-order valence-corrected chi connectivity index (χ1v) is 8.56. The zero-order valence-corrected chi connectivity index (χ0v) is 14.3. The molecule has 0 aliphatic carbocycles. The Kier molecular flexibility index (Phi) is 7.01. The van der Waals surface area contributed by atoms with Gasteiger partial charge in [0.05, 0.1) is 5.92 Å². The summed E-state index contributed by atoms with van der Waals surface area (Å²) in [7, 11) is 0. The molecule has 0 heterocycles. The van der Waals surface area contributed by atoms with Crippen LogP contribution < -0.4 is 16.8 Å². The van der Waals surface area contributed by atoms with Crippen LogP contribution in [0.4, 0.5) is 11.4 Å². The van der Waals surface area contributed by atoms with Gasteiger partial charge in [-0.3, -0.25) is 9.59 Å². The van der Waals surface area contributed by atoms with Crippen molar-refractivity contribution in [1.29, 1.82) is 0 Å². The fourth-order valence-corrected chi connectivity index (χ4v) is 2.80. The fourth-order valence-electron chi connectivity index (χ4n) is 2.80. The van der Waals surface area contributed by atoms with Crippen LogP contribution in [-0.2, 0) is 9.59 Å². The monoisotopic (exact) mass is 339 g/mol. The Balaban J connectivity index is 1.72. The van der Waals surface area contributed by atoms with E-state index in [0.717, 1.165) is 30.5 Å². The Morgan fingerprint density at radius 3 is 2.40 bits per heavy atom. The van der Waals surface area contributed by atoms with E-state index in [2.05, 4.69) is 5.32 Å². The minimum Gasteiger partial charge on any atom is -0.399 e. The highest BCUT2D eigenvalue weighted by molar-refractivity contribution is 5.90. The summed E-state index contributed by atoms with van der Waals surface area (Å²) in [5.74, 6) is -0.664. The molecule has 1 atom stereocenters. The van der Waals surface area contributed by atoms with E-state index in [-0.39, 0.29) is 17.7 Å². The molecular formula is C20H25N3O2. The molecule has 2 aromatic carbocycles. The number of carbonyl (C=O) groups is 2. The van der Waals surface area contributed by atoms with Gasteiger partial charge in [0, 0.05) is 17.8 Å². The summed E-state index contributed by atoms with van der Waals surface area (Å²) in [4.78, 5) is 23.6. The van der Waals surface area contributed by atoms with Crippen LogP contribution in [0.15, 0.2) is 54.6 Å². The van der Waals surface area contributed by atoms with Crippen molar-refractivity contribution >= 4 is 23.2 Å². The number of hydrogen-bond donors (Lipinski definition) is 3. The molecule has 0 aliphatic rings. The Morgan fingerprint density at radius 1 is 0.960 bits per heavy atom. The van der Waals surface area contributed by atoms with Gasteiger partial charge in [-0.1, -0.05) is 43.2 Å². The summed E-state index contributed by atoms with van der Waals surface area (Å²) < 4.78 is 0. The van der Waals surface area contributed by atoms with E-state index in [4.69, 9.17) is 11.5 Å². The third-order valence-corrected chi connectivity index (χ3v) is 4.11. The van der Waals surface area contributed by atoms with Gasteiger partial charge in [-0.05, 0) is 42.7 Å². The van der Waals surface area contributed by atoms with Crippen molar-refractivity contribution in [3.05, 3.63) is 60.2 Å². The lowest BCUT2D eigenvalue weighted by molar-refractivity contribution is -0.119. The number of para-hydroxylation sites is 1. The summed E-state index contributed by atoms with van der Waals surface area (Å²) in [5.41, 5.74) is 13.6. The summed E-state index contributed by atoms with van der Waals surface area (Å²) in [6.45, 7) is 0. The maximum atomic E-state index is 11.9. The topological polar surface area (TPSA) is 98.2 Å². The lowest BCUT2D eigenvalue weighted by Gasteiger charge is -2.14. The minimum absolute atomic E-state index is 0.00786. The van der Waals surface area contributed by atoms with Gasteiger partial charge in [-0.25, -0.2) is 0 Å². The minimum atomic E-state index is -0.340. The second kappa shape index (κ2) is 9.47. The van der Waals surface area contributed by atoms with Gasteiger partial charge < -0.3 is 16.8 Å². The van der Waals surface area contributed by atoms with Crippen molar-refractivity contribution in [3.63, 3.8) is 0 Å². The molecular weight excluding hydrogens is 314 g/mol. The molecule has 25 heavy (non-hydrogen) atoms. The summed E-state index contributed by atoms with van der Waals surface area (Å²) in [6.07, 6.45) is 3.61. The van der Waals surface area contributed by atoms with Gasteiger partial charge in [0.25, 0.3) is 0 Å². The predicted molar refractivity (Wildman–Crippen MR) is 101 cm³/mol. The smallest absolute Gasteiger partial charge is 0.224 e. The molecule has 0 bridgehead atoms. The normalized spacial score (nSPS) is 11.7. The summed E-state index contributed by atoms with van der Waals surface area (Å²) >= 11 is 0. The first-order chi connectivity index (χ1) is 12.1. The Bertz CT molecular complexity index is 701. The van der Waals surface area contributed by atoms with E-state index in [9.17, 15) is 9.59 Å². The van der Waals surface area contributed by atoms with Crippen molar-refractivity contribution in [2.75, 3.05) is 11.1 Å². The maximum absolute atomic E-state index is 11.9. The zero-order chi connectivity index (χ0) is 18.1. The lowest BCUT2D eigenvalue weighted by Crippen LogP contribution is -2.21. The number of rotatable bonds is 9. The molecule has 5 nitrogen and oxygen atoms in total. The highest BCUT2D eigenvalue weighted by atomic mass is 16.2. The molecule has 0 saturated heterocycles. The van der Waals surface area contributed by atoms with Gasteiger partial charge in [0.2, 0.25) is 11.8 Å². The molecule has 132 valence electrons. The van der Waals surface area contributed by atoms with Crippen molar-refractivity contribution in [3.8, 4) is 0 Å². The van der Waals surface area contributed by atoms with Crippen molar-refractivity contribution < 1.29 is 9.59 Å². The van der Waals surface area contributed by atoms with Gasteiger partial charge in [-0.2, -0.15) is 0 Å². The van der Waals surface area contributed by atoms with Crippen LogP contribution in [0.1, 0.15) is 43.6 Å². The number of hydrogen-bond acceptors (Lipinski definition) is 3. The van der Waals surface area contributed by atoms with Crippen LogP contribution in [0.2, 0.25) is 0 Å². The van der Waals surface area contributed by atoms with Gasteiger partial charge >= 0.3 is 0 Å². The summed E-state index contributed by atoms with van der Waals surface area (Å²) in [6, 6.07) is 16.7. The Labute approximate surface area is 148 Å². The first-order valence-electron chi connectivity index (χ1n) is 8.56. The van der Waals surface area contributed by atoms with E-state index < -0.39 is 0 Å². The highest BCUT2D eigenvalue weighted by Gasteiger charge is 2.17. The summed E-state index contributed by atoms with van der Waals surface area (Å²) in [5, 5.41) is 2.86. The van der Waals surface area contributed by atoms with Gasteiger partial charge in [-0.15, -0.1) is 0 Å². The molecule has 2 aromatic rings. The fraction of sp³-hybridized carbons (Fsp3) is 0.300. The molecule has 2 amide bonds. The van der Waals surface area contributed by atoms with Gasteiger partial charge in [0.1, 0.15) is 0 Å². The van der Waals surface area contributed by atoms with Crippen LogP contribution in [-0.4, -0.2) is 11.8 Å². The standard InChI is InChI=1S/C20H25N3O2/c21-16-9-7-8-15(14-16)18(20(22)25)12-5-2-6-13-19(24)23-17-10-3-1-4-11-17/h1,3-4,7-11,14,18H,2,5-6,12-13,21H2,(H2,22,25)(H,23,24). The molecule has 0 aliphatic heterocycles. The van der Waals surface area contributed by atoms with Crippen LogP contribution in [0.25, 0.3) is 0 Å². The van der Waals surface area contributed by atoms with E-state index in [1.807, 2.05) is 42.5 Å². The average Bonchev–Trinajstić information content (AvgIpc) is 2.58. The van der Waals surface area contributed by atoms with E-state index in [1.165, 1.54) is 0 Å². The molecule has 1 unspecified atom stereocenters. The maximum Gasteiger partial charge on any atom is 0.224 e. The molecule has 0 radical (unpaired) electrons. The molecule has 5 heteroatoms. The molecule has 0 fully saturated rings. The lowest BCUT2D eigenvalue weighted by atomic mass is 9.92. The third-order valence-electron chi connectivity index (χ3n) is 4.11. The molecule has 0 aromatic heterocycles. The number of benzene rings is 2. The van der Waals surface area contributed by atoms with Crippen molar-refractivity contribution in [2.45, 2.75) is 38.0 Å². The predicted octanol–water partition coefficient (Wildman–Crippen LogP) is 3.43.